The Balaban J connectivity index is 1.66. The number of rotatable bonds is 4. The maximum Gasteiger partial charge on any atom is 0.229 e. The number of amides is 1. The molecular weight excluding hydrogens is 312 g/mol. The number of benzene rings is 1. The van der Waals surface area contributed by atoms with Gasteiger partial charge in [0.2, 0.25) is 5.91 Å². The van der Waals surface area contributed by atoms with Crippen molar-refractivity contribution in [2.45, 2.75) is 32.6 Å². The predicted octanol–water partition coefficient (Wildman–Crippen LogP) is 3.75. The molecule has 0 saturated heterocycles. The Morgan fingerprint density at radius 1 is 1.08 bits per heavy atom. The Labute approximate surface area is 147 Å². The number of nitrogens with one attached hydrogen (secondary N) is 1. The van der Waals surface area contributed by atoms with Crippen LogP contribution in [0.2, 0.25) is 0 Å². The monoisotopic (exact) mass is 334 g/mol. The van der Waals surface area contributed by atoms with E-state index in [1.807, 2.05) is 47.2 Å². The number of nitrogens with zero attached hydrogens (tertiary/aromatic N) is 3. The van der Waals surface area contributed by atoms with Gasteiger partial charge in [-0.05, 0) is 17.7 Å². The summed E-state index contributed by atoms with van der Waals surface area (Å²) in [6, 6.07) is 13.4. The lowest BCUT2D eigenvalue weighted by atomic mass is 9.93. The van der Waals surface area contributed by atoms with E-state index in [2.05, 4.69) is 36.1 Å². The molecule has 0 atom stereocenters. The number of carbonyl (C=O) groups is 1. The number of pyridine rings is 1. The van der Waals surface area contributed by atoms with Crippen molar-refractivity contribution in [3.8, 4) is 5.69 Å². The zero-order valence-corrected chi connectivity index (χ0v) is 14.7. The van der Waals surface area contributed by atoms with Crippen LogP contribution in [0.15, 0.2) is 61.2 Å². The van der Waals surface area contributed by atoms with E-state index >= 15 is 0 Å². The number of hydrogen-bond donors (Lipinski definition) is 1. The second kappa shape index (κ2) is 6.89. The van der Waals surface area contributed by atoms with E-state index in [0.717, 1.165) is 16.9 Å². The molecule has 25 heavy (non-hydrogen) atoms. The Morgan fingerprint density at radius 2 is 1.84 bits per heavy atom. The molecule has 0 aliphatic carbocycles. The van der Waals surface area contributed by atoms with Gasteiger partial charge in [0.1, 0.15) is 5.82 Å². The number of imidazole rings is 1. The van der Waals surface area contributed by atoms with E-state index < -0.39 is 0 Å². The molecule has 0 aliphatic heterocycles. The Kier molecular flexibility index (Phi) is 4.65. The van der Waals surface area contributed by atoms with E-state index in [4.69, 9.17) is 0 Å². The largest absolute Gasteiger partial charge is 0.310 e. The molecule has 3 aromatic rings. The molecule has 0 aliphatic rings. The molecule has 2 heterocycles. The lowest BCUT2D eigenvalue weighted by molar-refractivity contribution is -0.115. The summed E-state index contributed by atoms with van der Waals surface area (Å²) in [7, 11) is 0. The van der Waals surface area contributed by atoms with Crippen LogP contribution in [0.4, 0.5) is 5.82 Å². The summed E-state index contributed by atoms with van der Waals surface area (Å²) in [6.07, 6.45) is 5.85. The molecule has 3 rings (SSSR count). The molecule has 0 radical (unpaired) electrons. The van der Waals surface area contributed by atoms with Gasteiger partial charge in [0.15, 0.2) is 0 Å². The maximum absolute atomic E-state index is 12.1. The summed E-state index contributed by atoms with van der Waals surface area (Å²) >= 11 is 0. The summed E-state index contributed by atoms with van der Waals surface area (Å²) in [5.41, 5.74) is 2.91. The van der Waals surface area contributed by atoms with Gasteiger partial charge in [-0.15, -0.1) is 0 Å². The van der Waals surface area contributed by atoms with Gasteiger partial charge in [-0.3, -0.25) is 4.79 Å². The summed E-state index contributed by atoms with van der Waals surface area (Å²) in [5, 5.41) is 2.82. The Morgan fingerprint density at radius 3 is 2.44 bits per heavy atom. The molecule has 0 spiro atoms. The molecule has 0 bridgehead atoms. The van der Waals surface area contributed by atoms with Crippen molar-refractivity contribution in [3.63, 3.8) is 0 Å². The van der Waals surface area contributed by atoms with Gasteiger partial charge >= 0.3 is 0 Å². The molecular formula is C20H22N4O. The van der Waals surface area contributed by atoms with Gasteiger partial charge in [-0.1, -0.05) is 51.1 Å². The molecule has 1 amide bonds. The molecule has 128 valence electrons. The summed E-state index contributed by atoms with van der Waals surface area (Å²) in [5.74, 6) is 0.463. The molecule has 5 heteroatoms. The molecule has 2 aromatic heterocycles. The Bertz CT molecular complexity index is 845. The van der Waals surface area contributed by atoms with Crippen LogP contribution in [-0.2, 0) is 16.6 Å². The summed E-state index contributed by atoms with van der Waals surface area (Å²) < 4.78 is 1.93. The highest BCUT2D eigenvalue weighted by Gasteiger charge is 2.17. The third kappa shape index (κ3) is 4.32. The molecule has 5 nitrogen and oxygen atoms in total. The molecule has 1 aromatic carbocycles. The highest BCUT2D eigenvalue weighted by Crippen LogP contribution is 2.21. The first-order valence-corrected chi connectivity index (χ1v) is 8.26. The van der Waals surface area contributed by atoms with Crippen molar-refractivity contribution >= 4 is 11.7 Å². The van der Waals surface area contributed by atoms with Crippen molar-refractivity contribution < 1.29 is 4.79 Å². The second-order valence-electron chi connectivity index (χ2n) is 7.03. The van der Waals surface area contributed by atoms with Gasteiger partial charge in [0.25, 0.3) is 0 Å². The first-order valence-electron chi connectivity index (χ1n) is 8.26. The van der Waals surface area contributed by atoms with Gasteiger partial charge < -0.3 is 9.88 Å². The van der Waals surface area contributed by atoms with Crippen LogP contribution in [0, 0.1) is 0 Å². The fraction of sp³-hybridized carbons (Fsp3) is 0.250. The first kappa shape index (κ1) is 16.9. The van der Waals surface area contributed by atoms with Crippen LogP contribution in [0.5, 0.6) is 0 Å². The molecule has 0 saturated carbocycles. The van der Waals surface area contributed by atoms with Gasteiger partial charge in [0, 0.05) is 11.6 Å². The van der Waals surface area contributed by atoms with Crippen molar-refractivity contribution in [1.82, 2.24) is 14.5 Å². The normalized spacial score (nSPS) is 11.3. The number of aromatic nitrogens is 3. The Hall–Kier alpha value is -2.95. The average Bonchev–Trinajstić information content (AvgIpc) is 3.07. The second-order valence-corrected chi connectivity index (χ2v) is 7.03. The first-order chi connectivity index (χ1) is 11.9. The van der Waals surface area contributed by atoms with E-state index in [-0.39, 0.29) is 11.3 Å². The van der Waals surface area contributed by atoms with Crippen LogP contribution >= 0.6 is 0 Å². The molecule has 0 fully saturated rings. The van der Waals surface area contributed by atoms with E-state index in [0.29, 0.717) is 12.2 Å². The standard InChI is InChI=1S/C20H22N4O/c1-20(2,3)17-13-24(14-22-17)16-9-10-18(21-12-16)23-19(25)11-15-7-5-4-6-8-15/h4-10,12-14H,11H2,1-3H3,(H,21,23,25). The lowest BCUT2D eigenvalue weighted by Crippen LogP contribution is -2.15. The summed E-state index contributed by atoms with van der Waals surface area (Å²) in [6.45, 7) is 6.38. The van der Waals surface area contributed by atoms with Gasteiger partial charge in [-0.2, -0.15) is 0 Å². The van der Waals surface area contributed by atoms with E-state index in [1.54, 1.807) is 18.6 Å². The van der Waals surface area contributed by atoms with Crippen LogP contribution in [0.3, 0.4) is 0 Å². The number of hydrogen-bond acceptors (Lipinski definition) is 3. The van der Waals surface area contributed by atoms with Crippen molar-refractivity contribution in [2.75, 3.05) is 5.32 Å². The summed E-state index contributed by atoms with van der Waals surface area (Å²) in [4.78, 5) is 20.9. The predicted molar refractivity (Wildman–Crippen MR) is 98.8 cm³/mol. The third-order valence-corrected chi connectivity index (χ3v) is 3.87. The van der Waals surface area contributed by atoms with Crippen LogP contribution in [0.1, 0.15) is 32.0 Å². The van der Waals surface area contributed by atoms with Crippen LogP contribution in [0.25, 0.3) is 5.69 Å². The topological polar surface area (TPSA) is 59.8 Å². The third-order valence-electron chi connectivity index (χ3n) is 3.87. The number of carbonyl (C=O) groups excluding carboxylic acids is 1. The SMILES string of the molecule is CC(C)(C)c1cn(-c2ccc(NC(=O)Cc3ccccc3)nc2)cn1. The zero-order valence-electron chi connectivity index (χ0n) is 14.7. The number of anilines is 1. The highest BCUT2D eigenvalue weighted by atomic mass is 16.1. The fourth-order valence-electron chi connectivity index (χ4n) is 2.43. The molecule has 1 N–H and O–H groups in total. The highest BCUT2D eigenvalue weighted by molar-refractivity contribution is 5.91. The van der Waals surface area contributed by atoms with Gasteiger partial charge in [0.05, 0.1) is 30.3 Å². The minimum Gasteiger partial charge on any atom is -0.310 e. The zero-order chi connectivity index (χ0) is 17.9. The van der Waals surface area contributed by atoms with Crippen molar-refractivity contribution in [1.29, 1.82) is 0 Å². The smallest absolute Gasteiger partial charge is 0.229 e. The van der Waals surface area contributed by atoms with Crippen molar-refractivity contribution in [3.05, 3.63) is 72.4 Å². The van der Waals surface area contributed by atoms with Crippen LogP contribution < -0.4 is 5.32 Å². The maximum atomic E-state index is 12.1. The lowest BCUT2D eigenvalue weighted by Gasteiger charge is -2.14. The minimum atomic E-state index is -0.0795. The van der Waals surface area contributed by atoms with Gasteiger partial charge in [-0.25, -0.2) is 9.97 Å². The minimum absolute atomic E-state index is 0.00400. The van der Waals surface area contributed by atoms with Crippen molar-refractivity contribution in [2.24, 2.45) is 0 Å². The average molecular weight is 334 g/mol. The molecule has 0 unspecified atom stereocenters. The van der Waals surface area contributed by atoms with E-state index in [9.17, 15) is 4.79 Å². The quantitative estimate of drug-likeness (QED) is 0.790. The van der Waals surface area contributed by atoms with E-state index in [1.165, 1.54) is 0 Å². The fourth-order valence-corrected chi connectivity index (χ4v) is 2.43. The van der Waals surface area contributed by atoms with Crippen LogP contribution in [-0.4, -0.2) is 20.4 Å².